The van der Waals surface area contributed by atoms with Crippen LogP contribution in [0, 0.1) is 11.6 Å². The first-order chi connectivity index (χ1) is 11.7. The summed E-state index contributed by atoms with van der Waals surface area (Å²) in [6.45, 7) is 0. The molecule has 0 spiro atoms. The molecule has 2 aromatic heterocycles. The fourth-order valence-electron chi connectivity index (χ4n) is 2.24. The zero-order valence-electron chi connectivity index (χ0n) is 12.2. The van der Waals surface area contributed by atoms with Crippen LogP contribution in [0.3, 0.4) is 0 Å². The summed E-state index contributed by atoms with van der Waals surface area (Å²) in [5, 5.41) is 11.9. The molecule has 4 nitrogen and oxygen atoms in total. The van der Waals surface area contributed by atoms with Crippen LogP contribution < -0.4 is 5.32 Å². The Morgan fingerprint density at radius 2 is 1.62 bits per heavy atom. The van der Waals surface area contributed by atoms with Crippen molar-refractivity contribution in [2.75, 3.05) is 5.32 Å². The molecule has 0 amide bonds. The SMILES string of the molecule is Fc1ccc(-c2ccc(Nc3nc4ccc(F)cc4s3)nn2)cc1. The number of nitrogens with one attached hydrogen (secondary N) is 1. The first kappa shape index (κ1) is 14.6. The van der Waals surface area contributed by atoms with Gasteiger partial charge in [-0.2, -0.15) is 0 Å². The molecule has 118 valence electrons. The van der Waals surface area contributed by atoms with E-state index in [-0.39, 0.29) is 11.6 Å². The molecule has 0 aliphatic heterocycles. The van der Waals surface area contributed by atoms with Crippen molar-refractivity contribution in [3.8, 4) is 11.3 Å². The minimum Gasteiger partial charge on any atom is -0.315 e. The molecule has 2 aromatic carbocycles. The molecule has 0 bridgehead atoms. The van der Waals surface area contributed by atoms with Gasteiger partial charge in [0.1, 0.15) is 11.6 Å². The number of hydrogen-bond donors (Lipinski definition) is 1. The molecule has 1 N–H and O–H groups in total. The van der Waals surface area contributed by atoms with Gasteiger partial charge in [-0.1, -0.05) is 11.3 Å². The Labute approximate surface area is 139 Å². The maximum atomic E-state index is 13.2. The lowest BCUT2D eigenvalue weighted by Crippen LogP contribution is -1.96. The number of benzene rings is 2. The highest BCUT2D eigenvalue weighted by Crippen LogP contribution is 2.28. The van der Waals surface area contributed by atoms with E-state index in [1.807, 2.05) is 0 Å². The van der Waals surface area contributed by atoms with Crippen LogP contribution in [-0.2, 0) is 0 Å². The van der Waals surface area contributed by atoms with E-state index in [0.717, 1.165) is 15.8 Å². The van der Waals surface area contributed by atoms with Gasteiger partial charge < -0.3 is 5.32 Å². The van der Waals surface area contributed by atoms with Gasteiger partial charge in [0.15, 0.2) is 10.9 Å². The molecule has 0 unspecified atom stereocenters. The van der Waals surface area contributed by atoms with Crippen LogP contribution >= 0.6 is 11.3 Å². The number of hydrogen-bond acceptors (Lipinski definition) is 5. The molecule has 2 heterocycles. The number of aromatic nitrogens is 3. The Kier molecular flexibility index (Phi) is 3.62. The van der Waals surface area contributed by atoms with Crippen molar-refractivity contribution in [2.24, 2.45) is 0 Å². The maximum Gasteiger partial charge on any atom is 0.189 e. The van der Waals surface area contributed by atoms with Crippen molar-refractivity contribution in [3.05, 3.63) is 66.2 Å². The highest BCUT2D eigenvalue weighted by molar-refractivity contribution is 7.22. The molecule has 7 heteroatoms. The van der Waals surface area contributed by atoms with Gasteiger partial charge in [-0.15, -0.1) is 10.2 Å². The predicted molar refractivity (Wildman–Crippen MR) is 90.3 cm³/mol. The van der Waals surface area contributed by atoms with Gasteiger partial charge in [-0.25, -0.2) is 13.8 Å². The largest absolute Gasteiger partial charge is 0.315 e. The molecular formula is C17H10F2N4S. The molecular weight excluding hydrogens is 330 g/mol. The fourth-order valence-corrected chi connectivity index (χ4v) is 3.13. The van der Waals surface area contributed by atoms with Crippen LogP contribution in [0.4, 0.5) is 19.7 Å². The van der Waals surface area contributed by atoms with Gasteiger partial charge in [0.25, 0.3) is 0 Å². The number of anilines is 2. The summed E-state index contributed by atoms with van der Waals surface area (Å²) < 4.78 is 26.9. The van der Waals surface area contributed by atoms with E-state index in [9.17, 15) is 8.78 Å². The van der Waals surface area contributed by atoms with Crippen molar-refractivity contribution in [2.45, 2.75) is 0 Å². The van der Waals surface area contributed by atoms with Crippen LogP contribution in [0.15, 0.2) is 54.6 Å². The van der Waals surface area contributed by atoms with Crippen molar-refractivity contribution < 1.29 is 8.78 Å². The van der Waals surface area contributed by atoms with E-state index in [0.29, 0.717) is 16.6 Å². The van der Waals surface area contributed by atoms with Crippen molar-refractivity contribution in [1.29, 1.82) is 0 Å². The Balaban J connectivity index is 1.57. The number of fused-ring (bicyclic) bond motifs is 1. The van der Waals surface area contributed by atoms with Gasteiger partial charge in [0.2, 0.25) is 0 Å². The lowest BCUT2D eigenvalue weighted by Gasteiger charge is -2.03. The normalized spacial score (nSPS) is 10.9. The highest BCUT2D eigenvalue weighted by atomic mass is 32.1. The lowest BCUT2D eigenvalue weighted by atomic mass is 10.1. The summed E-state index contributed by atoms with van der Waals surface area (Å²) in [5.41, 5.74) is 2.15. The third-order valence-corrected chi connectivity index (χ3v) is 4.32. The smallest absolute Gasteiger partial charge is 0.189 e. The predicted octanol–water partition coefficient (Wildman–Crippen LogP) is 4.78. The van der Waals surface area contributed by atoms with Crippen molar-refractivity contribution >= 4 is 32.5 Å². The minimum absolute atomic E-state index is 0.291. The fraction of sp³-hybridized carbons (Fsp3) is 0. The molecule has 0 radical (unpaired) electrons. The molecule has 0 aliphatic carbocycles. The molecule has 0 saturated carbocycles. The zero-order valence-corrected chi connectivity index (χ0v) is 13.0. The first-order valence-corrected chi connectivity index (χ1v) is 7.92. The van der Waals surface area contributed by atoms with Crippen molar-refractivity contribution in [3.63, 3.8) is 0 Å². The summed E-state index contributed by atoms with van der Waals surface area (Å²) in [6, 6.07) is 14.1. The Morgan fingerprint density at radius 1 is 0.833 bits per heavy atom. The van der Waals surface area contributed by atoms with E-state index in [2.05, 4.69) is 20.5 Å². The third-order valence-electron chi connectivity index (χ3n) is 3.39. The number of halogens is 2. The molecule has 0 saturated heterocycles. The van der Waals surface area contributed by atoms with E-state index >= 15 is 0 Å². The second-order valence-electron chi connectivity index (χ2n) is 5.07. The van der Waals surface area contributed by atoms with Gasteiger partial charge in [-0.3, -0.25) is 0 Å². The van der Waals surface area contributed by atoms with Gasteiger partial charge in [0.05, 0.1) is 15.9 Å². The van der Waals surface area contributed by atoms with E-state index < -0.39 is 0 Å². The minimum atomic E-state index is -0.294. The summed E-state index contributed by atoms with van der Waals surface area (Å²) in [7, 11) is 0. The monoisotopic (exact) mass is 340 g/mol. The average Bonchev–Trinajstić information content (AvgIpc) is 2.98. The van der Waals surface area contributed by atoms with Crippen LogP contribution in [0.25, 0.3) is 21.5 Å². The summed E-state index contributed by atoms with van der Waals surface area (Å²) in [5.74, 6) is -0.0567. The molecule has 4 rings (SSSR count). The number of thiazole rings is 1. The Morgan fingerprint density at radius 3 is 2.38 bits per heavy atom. The van der Waals surface area contributed by atoms with Crippen LogP contribution in [0.1, 0.15) is 0 Å². The zero-order chi connectivity index (χ0) is 16.5. The third kappa shape index (κ3) is 2.93. The molecule has 4 aromatic rings. The first-order valence-electron chi connectivity index (χ1n) is 7.10. The average molecular weight is 340 g/mol. The quantitative estimate of drug-likeness (QED) is 0.583. The highest BCUT2D eigenvalue weighted by Gasteiger charge is 2.07. The van der Waals surface area contributed by atoms with E-state index in [4.69, 9.17) is 0 Å². The topological polar surface area (TPSA) is 50.7 Å². The van der Waals surface area contributed by atoms with Crippen LogP contribution in [-0.4, -0.2) is 15.2 Å². The van der Waals surface area contributed by atoms with Gasteiger partial charge in [-0.05, 0) is 54.6 Å². The summed E-state index contributed by atoms with van der Waals surface area (Å²) in [6.07, 6.45) is 0. The Hall–Kier alpha value is -2.93. The second-order valence-corrected chi connectivity index (χ2v) is 6.10. The standard InChI is InChI=1S/C17H10F2N4S/c18-11-3-1-10(2-4-11)13-7-8-16(23-22-13)21-17-20-14-6-5-12(19)9-15(14)24-17/h1-9H,(H,20,21,23). The second kappa shape index (κ2) is 5.93. The van der Waals surface area contributed by atoms with E-state index in [1.165, 1.54) is 35.6 Å². The van der Waals surface area contributed by atoms with Crippen LogP contribution in [0.5, 0.6) is 0 Å². The van der Waals surface area contributed by atoms with E-state index in [1.54, 1.807) is 30.3 Å². The molecule has 0 atom stereocenters. The number of nitrogens with zero attached hydrogens (tertiary/aromatic N) is 3. The van der Waals surface area contributed by atoms with Crippen molar-refractivity contribution in [1.82, 2.24) is 15.2 Å². The van der Waals surface area contributed by atoms with Gasteiger partial charge >= 0.3 is 0 Å². The molecule has 0 aliphatic rings. The lowest BCUT2D eigenvalue weighted by molar-refractivity contribution is 0.628. The molecule has 24 heavy (non-hydrogen) atoms. The molecule has 0 fully saturated rings. The summed E-state index contributed by atoms with van der Waals surface area (Å²) >= 11 is 1.34. The van der Waals surface area contributed by atoms with Crippen LogP contribution in [0.2, 0.25) is 0 Å². The number of rotatable bonds is 3. The maximum absolute atomic E-state index is 13.2. The Bertz CT molecular complexity index is 997. The van der Waals surface area contributed by atoms with Gasteiger partial charge in [0, 0.05) is 5.56 Å². The summed E-state index contributed by atoms with van der Waals surface area (Å²) in [4.78, 5) is 4.37.